The molecule has 0 radical (unpaired) electrons. The summed E-state index contributed by atoms with van der Waals surface area (Å²) >= 11 is 0. The van der Waals surface area contributed by atoms with Crippen molar-refractivity contribution in [3.8, 4) is 11.5 Å². The van der Waals surface area contributed by atoms with Crippen LogP contribution in [0.25, 0.3) is 0 Å². The minimum Gasteiger partial charge on any atom is -0.504 e. The summed E-state index contributed by atoms with van der Waals surface area (Å²) in [6.07, 6.45) is 4.25. The molecule has 2 unspecified atom stereocenters. The Balaban J connectivity index is 1.46. The molecule has 2 bridgehead atoms. The summed E-state index contributed by atoms with van der Waals surface area (Å²) in [4.78, 5) is 15.0. The number of rotatable bonds is 4. The second kappa shape index (κ2) is 7.22. The highest BCUT2D eigenvalue weighted by Crippen LogP contribution is 2.43. The molecular formula is C22H24FNO3. The molecule has 4 rings (SSSR count). The van der Waals surface area contributed by atoms with Gasteiger partial charge in [0, 0.05) is 12.1 Å². The number of aromatic hydroxyl groups is 1. The van der Waals surface area contributed by atoms with E-state index >= 15 is 0 Å². The number of hydrogen-bond acceptors (Lipinski definition) is 3. The van der Waals surface area contributed by atoms with Crippen molar-refractivity contribution in [1.29, 1.82) is 0 Å². The largest absolute Gasteiger partial charge is 0.504 e. The molecule has 142 valence electrons. The minimum atomic E-state index is -0.210. The van der Waals surface area contributed by atoms with E-state index in [1.165, 1.54) is 24.8 Å². The maximum absolute atomic E-state index is 13.2. The summed E-state index contributed by atoms with van der Waals surface area (Å²) in [6.45, 7) is 0. The third-order valence-corrected chi connectivity index (χ3v) is 5.96. The molecule has 0 aliphatic carbocycles. The lowest BCUT2D eigenvalue weighted by atomic mass is 9.85. The molecule has 2 heterocycles. The summed E-state index contributed by atoms with van der Waals surface area (Å²) in [5.74, 6) is 0.777. The van der Waals surface area contributed by atoms with Crippen LogP contribution in [0.15, 0.2) is 42.5 Å². The number of phenols is 1. The quantitative estimate of drug-likeness (QED) is 0.886. The van der Waals surface area contributed by atoms with Gasteiger partial charge in [-0.05, 0) is 67.0 Å². The van der Waals surface area contributed by atoms with E-state index in [9.17, 15) is 14.3 Å². The van der Waals surface area contributed by atoms with Crippen molar-refractivity contribution >= 4 is 5.91 Å². The van der Waals surface area contributed by atoms with Gasteiger partial charge in [0.1, 0.15) is 5.82 Å². The first-order chi connectivity index (χ1) is 13.0. The zero-order valence-corrected chi connectivity index (χ0v) is 15.4. The number of carbonyl (C=O) groups excluding carboxylic acids is 1. The average molecular weight is 369 g/mol. The van der Waals surface area contributed by atoms with Crippen molar-refractivity contribution in [1.82, 2.24) is 4.90 Å². The molecule has 1 N–H and O–H groups in total. The normalized spacial score (nSPS) is 24.1. The Morgan fingerprint density at radius 3 is 2.44 bits per heavy atom. The molecule has 2 fully saturated rings. The molecule has 2 aliphatic rings. The van der Waals surface area contributed by atoms with Crippen LogP contribution in [0.1, 0.15) is 42.7 Å². The molecular weight excluding hydrogens is 345 g/mol. The molecule has 0 spiro atoms. The number of piperidine rings is 1. The molecule has 4 nitrogen and oxygen atoms in total. The lowest BCUT2D eigenvalue weighted by Crippen LogP contribution is -2.46. The van der Waals surface area contributed by atoms with Crippen LogP contribution in [0.4, 0.5) is 4.39 Å². The first kappa shape index (κ1) is 17.8. The van der Waals surface area contributed by atoms with Gasteiger partial charge in [-0.3, -0.25) is 4.79 Å². The van der Waals surface area contributed by atoms with Gasteiger partial charge in [-0.2, -0.15) is 0 Å². The van der Waals surface area contributed by atoms with Crippen molar-refractivity contribution in [3.63, 3.8) is 0 Å². The highest BCUT2D eigenvalue weighted by Gasteiger charge is 2.43. The molecule has 2 aromatic rings. The Kier molecular flexibility index (Phi) is 4.77. The summed E-state index contributed by atoms with van der Waals surface area (Å²) in [7, 11) is 1.50. The Bertz CT molecular complexity index is 822. The Hall–Kier alpha value is -2.56. The number of fused-ring (bicyclic) bond motifs is 2. The number of methoxy groups -OCH3 is 1. The zero-order valence-electron chi connectivity index (χ0n) is 15.4. The third-order valence-electron chi connectivity index (χ3n) is 5.96. The van der Waals surface area contributed by atoms with Gasteiger partial charge in [-0.1, -0.05) is 18.2 Å². The molecule has 2 atom stereocenters. The molecule has 1 amide bonds. The van der Waals surface area contributed by atoms with Crippen LogP contribution in [0.2, 0.25) is 0 Å². The van der Waals surface area contributed by atoms with Gasteiger partial charge in [0.2, 0.25) is 5.91 Å². The molecule has 5 heteroatoms. The Morgan fingerprint density at radius 1 is 1.15 bits per heavy atom. The molecule has 2 aliphatic heterocycles. The maximum atomic E-state index is 13.2. The SMILES string of the molecule is COc1cc(CC(=O)N2C3CCC2CC(c2ccc(F)cc2)C3)ccc1O. The van der Waals surface area contributed by atoms with Crippen molar-refractivity contribution < 1.29 is 19.0 Å². The fourth-order valence-corrected chi connectivity index (χ4v) is 4.69. The van der Waals surface area contributed by atoms with Crippen molar-refractivity contribution in [2.45, 2.75) is 50.1 Å². The summed E-state index contributed by atoms with van der Waals surface area (Å²) in [6, 6.07) is 12.4. The van der Waals surface area contributed by atoms with Gasteiger partial charge in [-0.15, -0.1) is 0 Å². The van der Waals surface area contributed by atoms with Gasteiger partial charge in [0.05, 0.1) is 13.5 Å². The lowest BCUT2D eigenvalue weighted by molar-refractivity contribution is -0.135. The van der Waals surface area contributed by atoms with E-state index < -0.39 is 0 Å². The Morgan fingerprint density at radius 2 is 1.81 bits per heavy atom. The molecule has 2 saturated heterocycles. The van der Waals surface area contributed by atoms with E-state index in [-0.39, 0.29) is 29.6 Å². The van der Waals surface area contributed by atoms with Gasteiger partial charge in [0.25, 0.3) is 0 Å². The number of halogens is 1. The summed E-state index contributed by atoms with van der Waals surface area (Å²) < 4.78 is 18.3. The number of benzene rings is 2. The van der Waals surface area contributed by atoms with Crippen LogP contribution >= 0.6 is 0 Å². The van der Waals surface area contributed by atoms with Gasteiger partial charge in [0.15, 0.2) is 11.5 Å². The number of nitrogens with zero attached hydrogens (tertiary/aromatic N) is 1. The zero-order chi connectivity index (χ0) is 19.0. The first-order valence-corrected chi connectivity index (χ1v) is 9.47. The highest BCUT2D eigenvalue weighted by molar-refractivity contribution is 5.80. The van der Waals surface area contributed by atoms with E-state index in [0.29, 0.717) is 18.1 Å². The molecule has 0 aromatic heterocycles. The van der Waals surface area contributed by atoms with Crippen LogP contribution in [0.3, 0.4) is 0 Å². The van der Waals surface area contributed by atoms with E-state index in [0.717, 1.165) is 31.2 Å². The Labute approximate surface area is 158 Å². The van der Waals surface area contributed by atoms with Gasteiger partial charge in [-0.25, -0.2) is 4.39 Å². The molecule has 27 heavy (non-hydrogen) atoms. The van der Waals surface area contributed by atoms with Crippen LogP contribution < -0.4 is 4.74 Å². The fourth-order valence-electron chi connectivity index (χ4n) is 4.69. The third kappa shape index (κ3) is 3.51. The van der Waals surface area contributed by atoms with Crippen LogP contribution in [0.5, 0.6) is 11.5 Å². The second-order valence-electron chi connectivity index (χ2n) is 7.59. The van der Waals surface area contributed by atoms with E-state index in [2.05, 4.69) is 4.90 Å². The van der Waals surface area contributed by atoms with Crippen LogP contribution in [-0.2, 0) is 11.2 Å². The van der Waals surface area contributed by atoms with Crippen LogP contribution in [-0.4, -0.2) is 35.1 Å². The number of carbonyl (C=O) groups is 1. The first-order valence-electron chi connectivity index (χ1n) is 9.47. The predicted molar refractivity (Wildman–Crippen MR) is 100 cm³/mol. The van der Waals surface area contributed by atoms with Crippen molar-refractivity contribution in [2.24, 2.45) is 0 Å². The minimum absolute atomic E-state index is 0.0777. The number of amides is 1. The molecule has 2 aromatic carbocycles. The number of hydrogen-bond donors (Lipinski definition) is 1. The van der Waals surface area contributed by atoms with Crippen molar-refractivity contribution in [3.05, 3.63) is 59.4 Å². The fraction of sp³-hybridized carbons (Fsp3) is 0.409. The second-order valence-corrected chi connectivity index (χ2v) is 7.59. The average Bonchev–Trinajstić information content (AvgIpc) is 2.94. The number of phenolic OH excluding ortho intramolecular Hbond substituents is 1. The highest BCUT2D eigenvalue weighted by atomic mass is 19.1. The van der Waals surface area contributed by atoms with Crippen molar-refractivity contribution in [2.75, 3.05) is 7.11 Å². The van der Waals surface area contributed by atoms with E-state index in [1.54, 1.807) is 18.2 Å². The summed E-state index contributed by atoms with van der Waals surface area (Å²) in [5.41, 5.74) is 2.01. The standard InChI is InChI=1S/C22H24FNO3/c1-27-21-10-14(2-9-20(21)25)11-22(26)24-18-7-8-19(24)13-16(12-18)15-3-5-17(23)6-4-15/h2-6,9-10,16,18-19,25H,7-8,11-13H2,1H3. The lowest BCUT2D eigenvalue weighted by Gasteiger charge is -2.39. The van der Waals surface area contributed by atoms with Gasteiger partial charge >= 0.3 is 0 Å². The summed E-state index contributed by atoms with van der Waals surface area (Å²) in [5, 5.41) is 9.72. The van der Waals surface area contributed by atoms with E-state index in [1.807, 2.05) is 12.1 Å². The smallest absolute Gasteiger partial charge is 0.227 e. The topological polar surface area (TPSA) is 49.8 Å². The van der Waals surface area contributed by atoms with Crippen LogP contribution in [0, 0.1) is 5.82 Å². The maximum Gasteiger partial charge on any atom is 0.227 e. The molecule has 0 saturated carbocycles. The predicted octanol–water partition coefficient (Wildman–Crippen LogP) is 4.02. The number of ether oxygens (including phenoxy) is 1. The van der Waals surface area contributed by atoms with Gasteiger partial charge < -0.3 is 14.7 Å². The van der Waals surface area contributed by atoms with E-state index in [4.69, 9.17) is 4.74 Å². The monoisotopic (exact) mass is 369 g/mol.